The van der Waals surface area contributed by atoms with Crippen molar-refractivity contribution in [3.63, 3.8) is 0 Å². The Morgan fingerprint density at radius 2 is 1.83 bits per heavy atom. The van der Waals surface area contributed by atoms with Crippen LogP contribution in [0, 0.1) is 40.4 Å². The number of halogens is 3. The van der Waals surface area contributed by atoms with Crippen LogP contribution in [0.15, 0.2) is 5.16 Å². The highest BCUT2D eigenvalue weighted by Gasteiger charge is 2.60. The average molecular weight is 514 g/mol. The maximum atomic E-state index is 12.9. The van der Waals surface area contributed by atoms with Gasteiger partial charge in [-0.2, -0.15) is 13.2 Å². The number of hydrogen-bond acceptors (Lipinski definition) is 5. The monoisotopic (exact) mass is 513 g/mol. The van der Waals surface area contributed by atoms with Gasteiger partial charge in [0, 0.05) is 31.8 Å². The van der Waals surface area contributed by atoms with E-state index in [4.69, 9.17) is 4.84 Å². The highest BCUT2D eigenvalue weighted by Crippen LogP contribution is 2.67. The Hall–Kier alpha value is -1.64. The van der Waals surface area contributed by atoms with Crippen LogP contribution in [0.1, 0.15) is 78.6 Å². The maximum Gasteiger partial charge on any atom is 0.436 e. The Labute approximate surface area is 212 Å². The molecule has 0 saturated heterocycles. The fourth-order valence-corrected chi connectivity index (χ4v) is 8.66. The third kappa shape index (κ3) is 5.18. The van der Waals surface area contributed by atoms with Gasteiger partial charge in [0.2, 0.25) is 0 Å². The van der Waals surface area contributed by atoms with Crippen LogP contribution in [0.3, 0.4) is 0 Å². The van der Waals surface area contributed by atoms with Gasteiger partial charge in [-0.3, -0.25) is 14.5 Å². The lowest BCUT2D eigenvalue weighted by atomic mass is 9.44. The minimum atomic E-state index is -4.50. The summed E-state index contributed by atoms with van der Waals surface area (Å²) in [7, 11) is 1.62. The summed E-state index contributed by atoms with van der Waals surface area (Å²) in [5.74, 6) is 2.96. The van der Waals surface area contributed by atoms with Crippen molar-refractivity contribution >= 4 is 17.6 Å². The first-order chi connectivity index (χ1) is 16.9. The molecule has 4 rings (SSSR count). The second kappa shape index (κ2) is 10.3. The number of nitrogens with zero attached hydrogens (tertiary/aromatic N) is 2. The van der Waals surface area contributed by atoms with Gasteiger partial charge < -0.3 is 5.32 Å². The summed E-state index contributed by atoms with van der Waals surface area (Å²) in [4.78, 5) is 30.3. The van der Waals surface area contributed by atoms with Crippen molar-refractivity contribution in [1.29, 1.82) is 0 Å². The number of alkyl halides is 3. The van der Waals surface area contributed by atoms with Crippen molar-refractivity contribution in [3.05, 3.63) is 0 Å². The number of fused-ring (bicyclic) bond motifs is 5. The SMILES string of the molecule is CNCCN(CC(F)(F)F)C(=O)O/N=C(\C)[C@H]1CC[C@H]2[C@@H]3CC[C@H]4CC(=O)CC[C@]4(C)[C@H]3CC[C@]12C. The molecular weight excluding hydrogens is 471 g/mol. The molecule has 0 aliphatic heterocycles. The highest BCUT2D eigenvalue weighted by atomic mass is 19.4. The molecule has 6 nitrogen and oxygen atoms in total. The predicted octanol–water partition coefficient (Wildman–Crippen LogP) is 5.81. The first kappa shape index (κ1) is 27.4. The molecule has 1 N–H and O–H groups in total. The largest absolute Gasteiger partial charge is 0.436 e. The molecule has 4 aliphatic carbocycles. The number of hydrogen-bond donors (Lipinski definition) is 1. The molecular formula is C27H42F3N3O3. The maximum absolute atomic E-state index is 12.9. The molecule has 0 aromatic rings. The standard InChI is InChI=1S/C27H42F3N3O3/c1-17(32-36-24(35)33(14-13-31-4)16-27(28,29)30)21-7-8-22-20-6-5-18-15-19(34)9-11-25(18,2)23(20)10-12-26(21,22)3/h18,20-23,31H,5-16H2,1-4H3/b32-17+/t18-,20-,21+,22-,23-,25-,26+/m0/s1. The Morgan fingerprint density at radius 3 is 2.53 bits per heavy atom. The van der Waals surface area contributed by atoms with E-state index < -0.39 is 18.8 Å². The van der Waals surface area contributed by atoms with Crippen LogP contribution in [-0.4, -0.2) is 55.3 Å². The van der Waals surface area contributed by atoms with Gasteiger partial charge in [-0.05, 0) is 93.4 Å². The molecule has 0 heterocycles. The van der Waals surface area contributed by atoms with E-state index in [0.717, 1.165) is 51.4 Å². The summed E-state index contributed by atoms with van der Waals surface area (Å²) < 4.78 is 38.8. The average Bonchev–Trinajstić information content (AvgIpc) is 3.17. The van der Waals surface area contributed by atoms with Gasteiger partial charge in [0.1, 0.15) is 12.3 Å². The van der Waals surface area contributed by atoms with E-state index in [1.807, 2.05) is 6.92 Å². The van der Waals surface area contributed by atoms with Gasteiger partial charge in [-0.1, -0.05) is 19.0 Å². The van der Waals surface area contributed by atoms with E-state index in [-0.39, 0.29) is 29.8 Å². The summed E-state index contributed by atoms with van der Waals surface area (Å²) in [6.07, 6.45) is 3.51. The quantitative estimate of drug-likeness (QED) is 0.276. The molecule has 204 valence electrons. The lowest BCUT2D eigenvalue weighted by Crippen LogP contribution is -2.53. The van der Waals surface area contributed by atoms with Gasteiger partial charge in [-0.15, -0.1) is 0 Å². The first-order valence-electron chi connectivity index (χ1n) is 13.6. The molecule has 0 aromatic carbocycles. The van der Waals surface area contributed by atoms with Crippen LogP contribution in [0.5, 0.6) is 0 Å². The van der Waals surface area contributed by atoms with E-state index in [9.17, 15) is 22.8 Å². The van der Waals surface area contributed by atoms with Gasteiger partial charge in [0.25, 0.3) is 0 Å². The molecule has 4 saturated carbocycles. The predicted molar refractivity (Wildman–Crippen MR) is 131 cm³/mol. The third-order valence-electron chi connectivity index (χ3n) is 10.5. The molecule has 4 aliphatic rings. The second-order valence-electron chi connectivity index (χ2n) is 12.3. The number of ketones is 1. The minimum Gasteiger partial charge on any atom is -0.318 e. The number of oxime groups is 1. The summed E-state index contributed by atoms with van der Waals surface area (Å²) in [5, 5.41) is 6.85. The lowest BCUT2D eigenvalue weighted by Gasteiger charge is -2.60. The summed E-state index contributed by atoms with van der Waals surface area (Å²) in [6, 6.07) is 0. The van der Waals surface area contributed by atoms with Gasteiger partial charge in [0.05, 0.1) is 5.71 Å². The Bertz CT molecular complexity index is 878. The molecule has 0 bridgehead atoms. The summed E-state index contributed by atoms with van der Waals surface area (Å²) in [6.45, 7) is 5.38. The Kier molecular flexibility index (Phi) is 7.81. The number of carbonyl (C=O) groups is 2. The number of rotatable bonds is 6. The van der Waals surface area contributed by atoms with E-state index in [1.165, 1.54) is 6.42 Å². The Balaban J connectivity index is 1.44. The number of Topliss-reactive ketones (excluding diaryl/α,β-unsaturated/α-hetero) is 1. The number of amides is 1. The van der Waals surface area contributed by atoms with Gasteiger partial charge >= 0.3 is 12.3 Å². The van der Waals surface area contributed by atoms with Crippen molar-refractivity contribution in [2.75, 3.05) is 26.7 Å². The number of likely N-dealkylation sites (N-methyl/N-ethyl adjacent to an activating group) is 1. The zero-order chi connectivity index (χ0) is 26.3. The molecule has 0 spiro atoms. The lowest BCUT2D eigenvalue weighted by molar-refractivity contribution is -0.142. The second-order valence-corrected chi connectivity index (χ2v) is 12.3. The summed E-state index contributed by atoms with van der Waals surface area (Å²) >= 11 is 0. The molecule has 4 fully saturated rings. The number of carbonyl (C=O) groups excluding carboxylic acids is 2. The van der Waals surface area contributed by atoms with Crippen molar-refractivity contribution in [1.82, 2.24) is 10.2 Å². The van der Waals surface area contributed by atoms with Gasteiger partial charge in [-0.25, -0.2) is 4.79 Å². The van der Waals surface area contributed by atoms with Crippen LogP contribution in [0.4, 0.5) is 18.0 Å². The van der Waals surface area contributed by atoms with Crippen LogP contribution in [0.2, 0.25) is 0 Å². The third-order valence-corrected chi connectivity index (χ3v) is 10.5. The van der Waals surface area contributed by atoms with E-state index in [0.29, 0.717) is 40.1 Å². The topological polar surface area (TPSA) is 71.0 Å². The molecule has 0 unspecified atom stereocenters. The van der Waals surface area contributed by atoms with E-state index >= 15 is 0 Å². The highest BCUT2D eigenvalue weighted by molar-refractivity contribution is 5.85. The van der Waals surface area contributed by atoms with Gasteiger partial charge in [0.15, 0.2) is 0 Å². The zero-order valence-electron chi connectivity index (χ0n) is 22.1. The molecule has 1 amide bonds. The molecule has 7 atom stereocenters. The molecule has 36 heavy (non-hydrogen) atoms. The fourth-order valence-electron chi connectivity index (χ4n) is 8.66. The van der Waals surface area contributed by atoms with Crippen LogP contribution in [-0.2, 0) is 9.63 Å². The van der Waals surface area contributed by atoms with Crippen molar-refractivity contribution in [2.45, 2.75) is 84.7 Å². The van der Waals surface area contributed by atoms with Crippen molar-refractivity contribution in [3.8, 4) is 0 Å². The normalized spacial score (nSPS) is 38.7. The Morgan fingerprint density at radius 1 is 1.11 bits per heavy atom. The smallest absolute Gasteiger partial charge is 0.318 e. The van der Waals surface area contributed by atoms with Crippen LogP contribution >= 0.6 is 0 Å². The molecule has 0 aromatic heterocycles. The van der Waals surface area contributed by atoms with Crippen molar-refractivity contribution in [2.24, 2.45) is 45.6 Å². The fraction of sp³-hybridized carbons (Fsp3) is 0.889. The van der Waals surface area contributed by atoms with E-state index in [2.05, 4.69) is 24.3 Å². The van der Waals surface area contributed by atoms with E-state index in [1.54, 1.807) is 7.05 Å². The van der Waals surface area contributed by atoms with Crippen LogP contribution in [0.25, 0.3) is 0 Å². The molecule has 0 radical (unpaired) electrons. The first-order valence-corrected chi connectivity index (χ1v) is 13.6. The zero-order valence-corrected chi connectivity index (χ0v) is 22.1. The number of nitrogens with one attached hydrogen (secondary N) is 1. The summed E-state index contributed by atoms with van der Waals surface area (Å²) in [5.41, 5.74) is 1.01. The van der Waals surface area contributed by atoms with Crippen LogP contribution < -0.4 is 5.32 Å². The molecule has 9 heteroatoms. The minimum absolute atomic E-state index is 0.0482. The van der Waals surface area contributed by atoms with Crippen molar-refractivity contribution < 1.29 is 27.6 Å².